The molecular formula is C27H30F3N3O3. The maximum absolute atomic E-state index is 13.2. The van der Waals surface area contributed by atoms with Gasteiger partial charge in [0.25, 0.3) is 5.91 Å². The third-order valence-electron chi connectivity index (χ3n) is 7.58. The number of carbonyl (C=O) groups excluding carboxylic acids is 2. The minimum atomic E-state index is -4.54. The van der Waals surface area contributed by atoms with E-state index in [1.807, 2.05) is 4.90 Å². The van der Waals surface area contributed by atoms with Crippen LogP contribution in [0.1, 0.15) is 58.6 Å². The fourth-order valence-corrected chi connectivity index (χ4v) is 5.49. The Morgan fingerprint density at radius 3 is 2.50 bits per heavy atom. The molecule has 6 nitrogen and oxygen atoms in total. The van der Waals surface area contributed by atoms with Crippen LogP contribution in [0, 0.1) is 0 Å². The summed E-state index contributed by atoms with van der Waals surface area (Å²) in [5, 5.41) is 5.73. The van der Waals surface area contributed by atoms with E-state index in [1.54, 1.807) is 0 Å². The Morgan fingerprint density at radius 1 is 1.03 bits per heavy atom. The van der Waals surface area contributed by atoms with Crippen molar-refractivity contribution in [2.24, 2.45) is 0 Å². The van der Waals surface area contributed by atoms with Gasteiger partial charge in [-0.2, -0.15) is 13.2 Å². The number of halogens is 3. The average molecular weight is 502 g/mol. The molecule has 2 fully saturated rings. The standard InChI is InChI=1S/C27H30F3N3O3/c28-27(29,30)21-3-1-2-20(12-21)26(35)32-16-25(34)33(23-14-31-15-23)22-8-6-17(7-9-22)19-5-4-18-10-11-36-24(18)13-19/h1-5,12-13,17,22-23,31H,6-11,14-16H2,(H,32,35). The van der Waals surface area contributed by atoms with E-state index in [-0.39, 0.29) is 30.1 Å². The Balaban J connectivity index is 1.19. The third-order valence-corrected chi connectivity index (χ3v) is 7.58. The molecule has 2 N–H and O–H groups in total. The first-order valence-corrected chi connectivity index (χ1v) is 12.5. The van der Waals surface area contributed by atoms with Crippen molar-refractivity contribution in [3.8, 4) is 5.75 Å². The van der Waals surface area contributed by atoms with Gasteiger partial charge in [-0.1, -0.05) is 18.2 Å². The first kappa shape index (κ1) is 24.6. The highest BCUT2D eigenvalue weighted by molar-refractivity contribution is 5.96. The van der Waals surface area contributed by atoms with E-state index in [2.05, 4.69) is 28.8 Å². The Bertz CT molecular complexity index is 1120. The van der Waals surface area contributed by atoms with Crippen LogP contribution in [0.15, 0.2) is 42.5 Å². The Kier molecular flexibility index (Phi) is 6.92. The van der Waals surface area contributed by atoms with Gasteiger partial charge in [-0.15, -0.1) is 0 Å². The zero-order valence-corrected chi connectivity index (χ0v) is 19.9. The van der Waals surface area contributed by atoms with Crippen molar-refractivity contribution in [1.29, 1.82) is 0 Å². The summed E-state index contributed by atoms with van der Waals surface area (Å²) in [4.78, 5) is 27.6. The number of hydrogen-bond acceptors (Lipinski definition) is 4. The van der Waals surface area contributed by atoms with Crippen LogP contribution >= 0.6 is 0 Å². The van der Waals surface area contributed by atoms with Gasteiger partial charge in [0.2, 0.25) is 5.91 Å². The van der Waals surface area contributed by atoms with Gasteiger partial charge in [0.05, 0.1) is 24.8 Å². The maximum atomic E-state index is 13.2. The predicted octanol–water partition coefficient (Wildman–Crippen LogP) is 3.90. The summed E-state index contributed by atoms with van der Waals surface area (Å²) in [6.45, 7) is 1.90. The molecule has 2 aromatic carbocycles. The minimum Gasteiger partial charge on any atom is -0.493 e. The van der Waals surface area contributed by atoms with Crippen molar-refractivity contribution in [3.05, 3.63) is 64.7 Å². The molecule has 5 rings (SSSR count). The van der Waals surface area contributed by atoms with Crippen LogP contribution in [0.2, 0.25) is 0 Å². The molecule has 2 aliphatic heterocycles. The summed E-state index contributed by atoms with van der Waals surface area (Å²) >= 11 is 0. The van der Waals surface area contributed by atoms with Gasteiger partial charge in [0, 0.05) is 31.1 Å². The summed E-state index contributed by atoms with van der Waals surface area (Å²) in [6, 6.07) is 10.9. The van der Waals surface area contributed by atoms with Crippen LogP contribution in [0.4, 0.5) is 13.2 Å². The third kappa shape index (κ3) is 5.21. The van der Waals surface area contributed by atoms with Crippen molar-refractivity contribution in [3.63, 3.8) is 0 Å². The van der Waals surface area contributed by atoms with Gasteiger partial charge in [0.15, 0.2) is 0 Å². The molecular weight excluding hydrogens is 471 g/mol. The molecule has 2 amide bonds. The van der Waals surface area contributed by atoms with Crippen molar-refractivity contribution in [2.45, 2.75) is 56.3 Å². The van der Waals surface area contributed by atoms with Gasteiger partial charge >= 0.3 is 6.18 Å². The van der Waals surface area contributed by atoms with Crippen molar-refractivity contribution in [1.82, 2.24) is 15.5 Å². The van der Waals surface area contributed by atoms with Crippen LogP contribution in [0.3, 0.4) is 0 Å². The second-order valence-corrected chi connectivity index (χ2v) is 9.85. The minimum absolute atomic E-state index is 0.0675. The highest BCUT2D eigenvalue weighted by Crippen LogP contribution is 2.38. The lowest BCUT2D eigenvalue weighted by Gasteiger charge is -2.45. The summed E-state index contributed by atoms with van der Waals surface area (Å²) in [5.41, 5.74) is 1.53. The second-order valence-electron chi connectivity index (χ2n) is 9.85. The van der Waals surface area contributed by atoms with Crippen LogP contribution in [0.25, 0.3) is 0 Å². The summed E-state index contributed by atoms with van der Waals surface area (Å²) in [5.74, 6) is 0.524. The maximum Gasteiger partial charge on any atom is 0.416 e. The molecule has 0 spiro atoms. The number of ether oxygens (including phenoxy) is 1. The molecule has 3 aliphatic rings. The van der Waals surface area contributed by atoms with E-state index < -0.39 is 17.6 Å². The quantitative estimate of drug-likeness (QED) is 0.630. The summed E-state index contributed by atoms with van der Waals surface area (Å²) in [6.07, 6.45) is 0.0811. The number of alkyl halides is 3. The fraction of sp³-hybridized carbons (Fsp3) is 0.481. The fourth-order valence-electron chi connectivity index (χ4n) is 5.49. The summed E-state index contributed by atoms with van der Waals surface area (Å²) < 4.78 is 44.7. The number of benzene rings is 2. The predicted molar refractivity (Wildman–Crippen MR) is 128 cm³/mol. The number of nitrogens with one attached hydrogen (secondary N) is 2. The summed E-state index contributed by atoms with van der Waals surface area (Å²) in [7, 11) is 0. The van der Waals surface area contributed by atoms with Crippen LogP contribution < -0.4 is 15.4 Å². The first-order valence-electron chi connectivity index (χ1n) is 12.5. The number of rotatable bonds is 6. The van der Waals surface area contributed by atoms with Crippen LogP contribution in [0.5, 0.6) is 5.75 Å². The molecule has 1 aliphatic carbocycles. The topological polar surface area (TPSA) is 70.7 Å². The number of carbonyl (C=O) groups is 2. The number of hydrogen-bond donors (Lipinski definition) is 2. The van der Waals surface area contributed by atoms with Gasteiger partial charge in [0.1, 0.15) is 5.75 Å². The van der Waals surface area contributed by atoms with E-state index in [4.69, 9.17) is 4.74 Å². The smallest absolute Gasteiger partial charge is 0.416 e. The number of amides is 2. The zero-order chi connectivity index (χ0) is 25.3. The lowest BCUT2D eigenvalue weighted by molar-refractivity contribution is -0.138. The van der Waals surface area contributed by atoms with Crippen molar-refractivity contribution in [2.75, 3.05) is 26.2 Å². The molecule has 1 saturated carbocycles. The molecule has 0 atom stereocenters. The van der Waals surface area contributed by atoms with Crippen LogP contribution in [-0.4, -0.2) is 55.0 Å². The highest BCUT2D eigenvalue weighted by Gasteiger charge is 2.37. The molecule has 2 aromatic rings. The Morgan fingerprint density at radius 2 is 1.81 bits per heavy atom. The van der Waals surface area contributed by atoms with Gasteiger partial charge in [-0.3, -0.25) is 9.59 Å². The molecule has 1 saturated heterocycles. The van der Waals surface area contributed by atoms with Gasteiger partial charge in [-0.25, -0.2) is 0 Å². The molecule has 0 radical (unpaired) electrons. The second kappa shape index (κ2) is 10.1. The molecule has 0 bridgehead atoms. The zero-order valence-electron chi connectivity index (χ0n) is 19.9. The van der Waals surface area contributed by atoms with Crippen LogP contribution in [-0.2, 0) is 17.4 Å². The monoisotopic (exact) mass is 501 g/mol. The lowest BCUT2D eigenvalue weighted by Crippen LogP contribution is -2.63. The van der Waals surface area contributed by atoms with Gasteiger partial charge in [-0.05, 0) is 67.0 Å². The molecule has 36 heavy (non-hydrogen) atoms. The Hall–Kier alpha value is -3.07. The van der Waals surface area contributed by atoms with E-state index in [9.17, 15) is 22.8 Å². The molecule has 0 aromatic heterocycles. The number of nitrogens with zero attached hydrogens (tertiary/aromatic N) is 1. The molecule has 192 valence electrons. The number of fused-ring (bicyclic) bond motifs is 1. The molecule has 0 unspecified atom stereocenters. The first-order chi connectivity index (χ1) is 17.3. The lowest BCUT2D eigenvalue weighted by atomic mass is 9.80. The van der Waals surface area contributed by atoms with E-state index in [0.717, 1.165) is 56.6 Å². The largest absolute Gasteiger partial charge is 0.493 e. The van der Waals surface area contributed by atoms with E-state index in [1.165, 1.54) is 23.3 Å². The van der Waals surface area contributed by atoms with Gasteiger partial charge < -0.3 is 20.3 Å². The van der Waals surface area contributed by atoms with E-state index in [0.29, 0.717) is 19.0 Å². The average Bonchev–Trinajstić information content (AvgIpc) is 3.32. The Labute approximate surface area is 208 Å². The normalized spacial score (nSPS) is 21.8. The van der Waals surface area contributed by atoms with Crippen molar-refractivity contribution >= 4 is 11.8 Å². The highest BCUT2D eigenvalue weighted by atomic mass is 19.4. The SMILES string of the molecule is O=C(NCC(=O)N(C1CCC(c2ccc3c(c2)OCC3)CC1)C1CNC1)c1cccc(C(F)(F)F)c1. The van der Waals surface area contributed by atoms with E-state index >= 15 is 0 Å². The molecule has 2 heterocycles. The van der Waals surface area contributed by atoms with Crippen molar-refractivity contribution < 1.29 is 27.5 Å². The molecule has 9 heteroatoms.